The van der Waals surface area contributed by atoms with Crippen molar-refractivity contribution in [1.82, 2.24) is 25.3 Å². The molecule has 0 aromatic heterocycles. The molecule has 11 nitrogen and oxygen atoms in total. The number of hydrogen-bond donors (Lipinski definition) is 4. The molecule has 0 fully saturated rings. The van der Waals surface area contributed by atoms with Gasteiger partial charge in [0.2, 0.25) is 23.6 Å². The fourth-order valence-corrected chi connectivity index (χ4v) is 8.60. The molecule has 11 heteroatoms. The number of carbonyl (C=O) groups excluding carboxylic acids is 4. The quantitative estimate of drug-likeness (QED) is 0.0447. The van der Waals surface area contributed by atoms with E-state index in [-0.39, 0.29) is 61.8 Å². The SMILES string of the molecule is CCCCCCCCCCCCCCCC(=O)N(CCO)C(C(=O)NCCN(C)CCNC(=O)C(C(C)C)N(CCO)C(=O)CCCCCCCCCCCCCCC)C(C)C. The van der Waals surface area contributed by atoms with Gasteiger partial charge in [0.25, 0.3) is 0 Å². The monoisotopic (exact) mass is 880 g/mol. The number of rotatable bonds is 44. The molecule has 0 rings (SSSR count). The molecule has 0 spiro atoms. The Bertz CT molecular complexity index is 1010. The molecule has 62 heavy (non-hydrogen) atoms. The summed E-state index contributed by atoms with van der Waals surface area (Å²) < 4.78 is 0. The van der Waals surface area contributed by atoms with Crippen LogP contribution in [0.1, 0.15) is 221 Å². The first-order chi connectivity index (χ1) is 30.0. The largest absolute Gasteiger partial charge is 0.395 e. The molecule has 366 valence electrons. The predicted molar refractivity (Wildman–Crippen MR) is 259 cm³/mol. The Hall–Kier alpha value is -2.24. The van der Waals surface area contributed by atoms with Crippen molar-refractivity contribution in [3.05, 3.63) is 0 Å². The molecule has 4 amide bonds. The summed E-state index contributed by atoms with van der Waals surface area (Å²) in [5, 5.41) is 25.7. The maximum Gasteiger partial charge on any atom is 0.243 e. The normalized spacial score (nSPS) is 12.6. The van der Waals surface area contributed by atoms with Gasteiger partial charge in [0.15, 0.2) is 0 Å². The van der Waals surface area contributed by atoms with Gasteiger partial charge in [0.1, 0.15) is 12.1 Å². The van der Waals surface area contributed by atoms with E-state index in [0.29, 0.717) is 39.0 Å². The number of nitrogens with zero attached hydrogens (tertiary/aromatic N) is 3. The van der Waals surface area contributed by atoms with Crippen LogP contribution >= 0.6 is 0 Å². The second-order valence-electron chi connectivity index (χ2n) is 18.9. The highest BCUT2D eigenvalue weighted by Crippen LogP contribution is 2.19. The van der Waals surface area contributed by atoms with Gasteiger partial charge in [-0.15, -0.1) is 0 Å². The van der Waals surface area contributed by atoms with Gasteiger partial charge in [0, 0.05) is 52.1 Å². The fraction of sp³-hybridized carbons (Fsp3) is 0.922. The van der Waals surface area contributed by atoms with E-state index in [0.717, 1.165) is 38.5 Å². The van der Waals surface area contributed by atoms with Crippen LogP contribution in [-0.4, -0.2) is 120 Å². The van der Waals surface area contributed by atoms with Crippen LogP contribution in [0, 0.1) is 11.8 Å². The number of aliphatic hydroxyl groups excluding tert-OH is 2. The molecular weight excluding hydrogens is 779 g/mol. The lowest BCUT2D eigenvalue weighted by molar-refractivity contribution is -0.143. The predicted octanol–water partition coefficient (Wildman–Crippen LogP) is 9.80. The lowest BCUT2D eigenvalue weighted by Gasteiger charge is -2.33. The van der Waals surface area contributed by atoms with Crippen LogP contribution < -0.4 is 10.6 Å². The third-order valence-electron chi connectivity index (χ3n) is 12.4. The maximum atomic E-state index is 13.5. The average Bonchev–Trinajstić information content (AvgIpc) is 3.23. The molecule has 0 aromatic carbocycles. The number of hydrogen-bond acceptors (Lipinski definition) is 7. The van der Waals surface area contributed by atoms with Crippen LogP contribution in [-0.2, 0) is 19.2 Å². The van der Waals surface area contributed by atoms with Crippen molar-refractivity contribution in [3.63, 3.8) is 0 Å². The number of amides is 4. The van der Waals surface area contributed by atoms with Gasteiger partial charge in [-0.1, -0.05) is 196 Å². The summed E-state index contributed by atoms with van der Waals surface area (Å²) in [6.45, 7) is 13.9. The summed E-state index contributed by atoms with van der Waals surface area (Å²) in [6.07, 6.45) is 32.9. The number of nitrogens with one attached hydrogen (secondary N) is 2. The van der Waals surface area contributed by atoms with Crippen molar-refractivity contribution >= 4 is 23.6 Å². The van der Waals surface area contributed by atoms with Crippen LogP contribution in [0.25, 0.3) is 0 Å². The molecule has 0 bridgehead atoms. The van der Waals surface area contributed by atoms with Gasteiger partial charge in [-0.3, -0.25) is 19.2 Å². The molecular formula is C51H101N5O6. The van der Waals surface area contributed by atoms with Crippen molar-refractivity contribution in [2.24, 2.45) is 11.8 Å². The second kappa shape index (κ2) is 41.5. The fourth-order valence-electron chi connectivity index (χ4n) is 8.60. The van der Waals surface area contributed by atoms with Crippen LogP contribution in [0.3, 0.4) is 0 Å². The van der Waals surface area contributed by atoms with Gasteiger partial charge in [-0.2, -0.15) is 0 Å². The van der Waals surface area contributed by atoms with Crippen molar-refractivity contribution in [2.45, 2.75) is 233 Å². The minimum Gasteiger partial charge on any atom is -0.395 e. The van der Waals surface area contributed by atoms with Crippen molar-refractivity contribution < 1.29 is 29.4 Å². The number of aliphatic hydroxyl groups is 2. The Labute approximate surface area is 382 Å². The standard InChI is InChI=1S/C51H101N5O6/c1-8-10-12-14-16-18-20-22-24-26-28-30-32-34-46(59)55(40-42-57)48(44(3)4)50(61)52-36-38-54(7)39-37-53-51(62)49(45(5)6)56(41-43-58)47(60)35-33-31-29-27-25-23-21-19-17-15-13-11-9-2/h44-45,48-49,57-58H,8-43H2,1-7H3,(H,52,61)(H,53,62). The first-order valence-electron chi connectivity index (χ1n) is 26.0. The molecule has 2 unspecified atom stereocenters. The summed E-state index contributed by atoms with van der Waals surface area (Å²) in [5.74, 6) is -0.844. The van der Waals surface area contributed by atoms with Gasteiger partial charge < -0.3 is 35.5 Å². The summed E-state index contributed by atoms with van der Waals surface area (Å²) in [6, 6.07) is -1.33. The zero-order valence-electron chi connectivity index (χ0n) is 41.6. The van der Waals surface area contributed by atoms with Crippen molar-refractivity contribution in [2.75, 3.05) is 59.5 Å². The third-order valence-corrected chi connectivity index (χ3v) is 12.4. The molecule has 0 saturated heterocycles. The highest BCUT2D eigenvalue weighted by molar-refractivity contribution is 5.88. The van der Waals surface area contributed by atoms with Crippen LogP contribution in [0.5, 0.6) is 0 Å². The van der Waals surface area contributed by atoms with E-state index in [4.69, 9.17) is 0 Å². The zero-order valence-corrected chi connectivity index (χ0v) is 41.6. The van der Waals surface area contributed by atoms with Crippen LogP contribution in [0.15, 0.2) is 0 Å². The molecule has 0 saturated carbocycles. The number of carbonyl (C=O) groups is 4. The molecule has 4 N–H and O–H groups in total. The van der Waals surface area contributed by atoms with E-state index in [2.05, 4.69) is 24.5 Å². The maximum absolute atomic E-state index is 13.5. The van der Waals surface area contributed by atoms with Crippen LogP contribution in [0.4, 0.5) is 0 Å². The van der Waals surface area contributed by atoms with E-state index in [9.17, 15) is 29.4 Å². The molecule has 0 heterocycles. The highest BCUT2D eigenvalue weighted by atomic mass is 16.3. The van der Waals surface area contributed by atoms with E-state index >= 15 is 0 Å². The Balaban J connectivity index is 4.67. The van der Waals surface area contributed by atoms with Crippen molar-refractivity contribution in [3.8, 4) is 0 Å². The van der Waals surface area contributed by atoms with Gasteiger partial charge in [-0.25, -0.2) is 0 Å². The topological polar surface area (TPSA) is 143 Å². The van der Waals surface area contributed by atoms with Gasteiger partial charge in [0.05, 0.1) is 13.2 Å². The van der Waals surface area contributed by atoms with Crippen molar-refractivity contribution in [1.29, 1.82) is 0 Å². The summed E-state index contributed by atoms with van der Waals surface area (Å²) in [5.41, 5.74) is 0. The minimum atomic E-state index is -0.664. The van der Waals surface area contributed by atoms with E-state index in [1.165, 1.54) is 128 Å². The lowest BCUT2D eigenvalue weighted by Crippen LogP contribution is -2.54. The minimum absolute atomic E-state index is 0.0811. The molecule has 0 radical (unpaired) electrons. The average molecular weight is 880 g/mol. The summed E-state index contributed by atoms with van der Waals surface area (Å²) in [7, 11) is 1.92. The molecule has 2 atom stereocenters. The summed E-state index contributed by atoms with van der Waals surface area (Å²) in [4.78, 5) is 58.8. The smallest absolute Gasteiger partial charge is 0.243 e. The Morgan fingerprint density at radius 2 is 0.677 bits per heavy atom. The molecule has 0 aliphatic rings. The molecule has 0 aliphatic carbocycles. The lowest BCUT2D eigenvalue weighted by atomic mass is 10.00. The second-order valence-corrected chi connectivity index (χ2v) is 18.9. The highest BCUT2D eigenvalue weighted by Gasteiger charge is 2.33. The third kappa shape index (κ3) is 30.8. The van der Waals surface area contributed by atoms with E-state index < -0.39 is 12.1 Å². The van der Waals surface area contributed by atoms with Gasteiger partial charge >= 0.3 is 0 Å². The first kappa shape index (κ1) is 59.8. The Morgan fingerprint density at radius 1 is 0.419 bits per heavy atom. The zero-order chi connectivity index (χ0) is 46.2. The van der Waals surface area contributed by atoms with Gasteiger partial charge in [-0.05, 0) is 31.7 Å². The first-order valence-corrected chi connectivity index (χ1v) is 26.0. The molecule has 0 aromatic rings. The van der Waals surface area contributed by atoms with E-state index in [1.54, 1.807) is 9.80 Å². The number of likely N-dealkylation sites (N-methyl/N-ethyl adjacent to an activating group) is 1. The Kier molecular flexibility index (Phi) is 40.0. The van der Waals surface area contributed by atoms with Crippen LogP contribution in [0.2, 0.25) is 0 Å². The Morgan fingerprint density at radius 3 is 0.919 bits per heavy atom. The molecule has 0 aliphatic heterocycles. The van der Waals surface area contributed by atoms with E-state index in [1.807, 2.05) is 39.6 Å². The summed E-state index contributed by atoms with van der Waals surface area (Å²) >= 11 is 0. The number of unbranched alkanes of at least 4 members (excludes halogenated alkanes) is 24.